The second-order valence-electron chi connectivity index (χ2n) is 9.11. The van der Waals surface area contributed by atoms with Gasteiger partial charge in [-0.3, -0.25) is 9.36 Å². The Morgan fingerprint density at radius 2 is 1.65 bits per heavy atom. The fraction of sp³-hybridized carbons (Fsp3) is 0.333. The van der Waals surface area contributed by atoms with Crippen LogP contribution in [-0.4, -0.2) is 56.0 Å². The Bertz CT molecular complexity index is 1440. The van der Waals surface area contributed by atoms with E-state index < -0.39 is 9.84 Å². The van der Waals surface area contributed by atoms with E-state index in [4.69, 9.17) is 4.98 Å². The van der Waals surface area contributed by atoms with Gasteiger partial charge in [0.25, 0.3) is 0 Å². The maximum Gasteiger partial charge on any atom is 0.161 e. The van der Waals surface area contributed by atoms with Gasteiger partial charge in [-0.1, -0.05) is 18.2 Å². The SMILES string of the molecule is Cn1cc(-c2cccc(-c3ncc(-c4cnn(C)c4)c(NC4CC(CS(C)(=O)=O)C4)n3)c2)cn1. The Morgan fingerprint density at radius 3 is 2.29 bits per heavy atom. The van der Waals surface area contributed by atoms with Gasteiger partial charge >= 0.3 is 0 Å². The highest BCUT2D eigenvalue weighted by Gasteiger charge is 2.32. The molecular formula is C24H27N7O2S. The van der Waals surface area contributed by atoms with Gasteiger partial charge in [-0.15, -0.1) is 0 Å². The molecule has 10 heteroatoms. The van der Waals surface area contributed by atoms with Crippen molar-refractivity contribution in [1.82, 2.24) is 29.5 Å². The minimum Gasteiger partial charge on any atom is -0.367 e. The van der Waals surface area contributed by atoms with Crippen LogP contribution >= 0.6 is 0 Å². The number of sulfone groups is 1. The highest BCUT2D eigenvalue weighted by molar-refractivity contribution is 7.90. The maximum atomic E-state index is 11.6. The Morgan fingerprint density at radius 1 is 0.971 bits per heavy atom. The van der Waals surface area contributed by atoms with Crippen LogP contribution in [0.15, 0.2) is 55.2 Å². The summed E-state index contributed by atoms with van der Waals surface area (Å²) in [5.74, 6) is 1.77. The van der Waals surface area contributed by atoms with Crippen LogP contribution in [0.5, 0.6) is 0 Å². The molecular weight excluding hydrogens is 450 g/mol. The van der Waals surface area contributed by atoms with Crippen molar-refractivity contribution in [2.24, 2.45) is 20.0 Å². The first-order valence-corrected chi connectivity index (χ1v) is 13.2. The first kappa shape index (κ1) is 22.3. The summed E-state index contributed by atoms with van der Waals surface area (Å²) in [7, 11) is 0.800. The van der Waals surface area contributed by atoms with Gasteiger partial charge in [0.2, 0.25) is 0 Å². The van der Waals surface area contributed by atoms with Gasteiger partial charge in [-0.25, -0.2) is 18.4 Å². The third-order valence-electron chi connectivity index (χ3n) is 6.08. The lowest BCUT2D eigenvalue weighted by Gasteiger charge is -2.36. The molecule has 0 atom stereocenters. The number of benzene rings is 1. The topological polar surface area (TPSA) is 108 Å². The first-order chi connectivity index (χ1) is 16.2. The summed E-state index contributed by atoms with van der Waals surface area (Å²) < 4.78 is 26.8. The largest absolute Gasteiger partial charge is 0.367 e. The van der Waals surface area contributed by atoms with E-state index in [9.17, 15) is 8.42 Å². The number of hydrogen-bond donors (Lipinski definition) is 1. The normalized spacial score (nSPS) is 18.0. The van der Waals surface area contributed by atoms with Gasteiger partial charge in [-0.05, 0) is 30.4 Å². The summed E-state index contributed by atoms with van der Waals surface area (Å²) in [6.45, 7) is 0. The summed E-state index contributed by atoms with van der Waals surface area (Å²) >= 11 is 0. The van der Waals surface area contributed by atoms with Crippen molar-refractivity contribution in [1.29, 1.82) is 0 Å². The molecule has 9 nitrogen and oxygen atoms in total. The summed E-state index contributed by atoms with van der Waals surface area (Å²) in [6, 6.07) is 8.26. The van der Waals surface area contributed by atoms with Crippen molar-refractivity contribution in [3.05, 3.63) is 55.2 Å². The molecule has 3 aromatic heterocycles. The minimum absolute atomic E-state index is 0.173. The number of rotatable bonds is 7. The number of hydrogen-bond acceptors (Lipinski definition) is 7. The van der Waals surface area contributed by atoms with Crippen LogP contribution in [0.25, 0.3) is 33.6 Å². The number of anilines is 1. The highest BCUT2D eigenvalue weighted by atomic mass is 32.2. The number of nitrogens with one attached hydrogen (secondary N) is 1. The van der Waals surface area contributed by atoms with Crippen molar-refractivity contribution in [2.75, 3.05) is 17.3 Å². The number of aryl methyl sites for hydroxylation is 2. The van der Waals surface area contributed by atoms with Gasteiger partial charge in [0.1, 0.15) is 15.7 Å². The van der Waals surface area contributed by atoms with Crippen LogP contribution in [-0.2, 0) is 23.9 Å². The fourth-order valence-corrected chi connectivity index (χ4v) is 5.55. The van der Waals surface area contributed by atoms with Crippen LogP contribution in [0.2, 0.25) is 0 Å². The predicted octanol–water partition coefficient (Wildman–Crippen LogP) is 3.18. The van der Waals surface area contributed by atoms with E-state index in [1.807, 2.05) is 57.1 Å². The van der Waals surface area contributed by atoms with Crippen molar-refractivity contribution >= 4 is 15.7 Å². The van der Waals surface area contributed by atoms with Crippen LogP contribution in [0, 0.1) is 5.92 Å². The Balaban J connectivity index is 1.45. The van der Waals surface area contributed by atoms with Crippen LogP contribution in [0.4, 0.5) is 5.82 Å². The third-order valence-corrected chi connectivity index (χ3v) is 7.16. The molecule has 1 saturated carbocycles. The fourth-order valence-electron chi connectivity index (χ4n) is 4.42. The van der Waals surface area contributed by atoms with E-state index >= 15 is 0 Å². The highest BCUT2D eigenvalue weighted by Crippen LogP contribution is 2.35. The molecule has 0 radical (unpaired) electrons. The average Bonchev–Trinajstić information content (AvgIpc) is 3.39. The molecule has 1 fully saturated rings. The van der Waals surface area contributed by atoms with Gasteiger partial charge in [0.15, 0.2) is 5.82 Å². The van der Waals surface area contributed by atoms with E-state index in [1.165, 1.54) is 6.26 Å². The van der Waals surface area contributed by atoms with Crippen molar-refractivity contribution in [2.45, 2.75) is 18.9 Å². The van der Waals surface area contributed by atoms with Crippen molar-refractivity contribution < 1.29 is 8.42 Å². The smallest absolute Gasteiger partial charge is 0.161 e. The summed E-state index contributed by atoms with van der Waals surface area (Å²) in [5.41, 5.74) is 4.77. The van der Waals surface area contributed by atoms with Crippen LogP contribution in [0.3, 0.4) is 0 Å². The van der Waals surface area contributed by atoms with Gasteiger partial charge < -0.3 is 5.32 Å². The minimum atomic E-state index is -2.97. The van der Waals surface area contributed by atoms with Gasteiger partial charge in [-0.2, -0.15) is 10.2 Å². The second kappa shape index (κ2) is 8.68. The third kappa shape index (κ3) is 4.86. The molecule has 0 saturated heterocycles. The quantitative estimate of drug-likeness (QED) is 0.436. The van der Waals surface area contributed by atoms with Crippen LogP contribution in [0.1, 0.15) is 12.8 Å². The molecule has 4 aromatic rings. The van der Waals surface area contributed by atoms with Gasteiger partial charge in [0.05, 0.1) is 18.1 Å². The molecule has 0 bridgehead atoms. The van der Waals surface area contributed by atoms with E-state index in [-0.39, 0.29) is 17.7 Å². The molecule has 34 heavy (non-hydrogen) atoms. The molecule has 3 heterocycles. The van der Waals surface area contributed by atoms with E-state index in [1.54, 1.807) is 15.6 Å². The predicted molar refractivity (Wildman–Crippen MR) is 132 cm³/mol. The molecule has 0 aliphatic heterocycles. The zero-order chi connectivity index (χ0) is 23.9. The molecule has 1 aliphatic carbocycles. The molecule has 0 spiro atoms. The molecule has 1 aliphatic rings. The Hall–Kier alpha value is -3.53. The summed E-state index contributed by atoms with van der Waals surface area (Å²) in [4.78, 5) is 9.55. The van der Waals surface area contributed by atoms with Gasteiger partial charge in [0, 0.05) is 67.2 Å². The average molecular weight is 478 g/mol. The molecule has 0 amide bonds. The second-order valence-corrected chi connectivity index (χ2v) is 11.3. The lowest BCUT2D eigenvalue weighted by Crippen LogP contribution is -2.39. The van der Waals surface area contributed by atoms with E-state index in [0.29, 0.717) is 5.82 Å². The molecule has 176 valence electrons. The first-order valence-electron chi connectivity index (χ1n) is 11.1. The Kier molecular flexibility index (Phi) is 5.68. The zero-order valence-corrected chi connectivity index (χ0v) is 20.2. The van der Waals surface area contributed by atoms with Crippen molar-refractivity contribution in [3.8, 4) is 33.6 Å². The monoisotopic (exact) mass is 477 g/mol. The molecule has 5 rings (SSSR count). The molecule has 1 aromatic carbocycles. The van der Waals surface area contributed by atoms with Crippen LogP contribution < -0.4 is 5.32 Å². The summed E-state index contributed by atoms with van der Waals surface area (Å²) in [5, 5.41) is 12.1. The zero-order valence-electron chi connectivity index (χ0n) is 19.4. The summed E-state index contributed by atoms with van der Waals surface area (Å²) in [6.07, 6.45) is 12.3. The van der Waals surface area contributed by atoms with E-state index in [0.717, 1.165) is 46.5 Å². The maximum absolute atomic E-state index is 11.6. The molecule has 1 N–H and O–H groups in total. The lowest BCUT2D eigenvalue weighted by atomic mass is 9.81. The standard InChI is InChI=1S/C24H27N7O2S/c1-30-13-19(10-26-30)17-5-4-6-18(9-17)23-25-12-22(20-11-27-31(2)14-20)24(29-23)28-21-7-16(8-21)15-34(3,32)33/h4-6,9-14,16,21H,7-8,15H2,1-3H3,(H,25,28,29). The number of aromatic nitrogens is 6. The van der Waals surface area contributed by atoms with E-state index in [2.05, 4.69) is 26.6 Å². The number of nitrogens with zero attached hydrogens (tertiary/aromatic N) is 6. The Labute approximate surface area is 198 Å². The molecule has 0 unspecified atom stereocenters. The lowest BCUT2D eigenvalue weighted by molar-refractivity contribution is 0.310. The van der Waals surface area contributed by atoms with Crippen molar-refractivity contribution in [3.63, 3.8) is 0 Å².